The number of methoxy groups -OCH3 is 1. The first-order chi connectivity index (χ1) is 13.7. The van der Waals surface area contributed by atoms with Gasteiger partial charge in [-0.3, -0.25) is 4.68 Å². The molecule has 8 nitrogen and oxygen atoms in total. The van der Waals surface area contributed by atoms with E-state index in [2.05, 4.69) is 29.6 Å². The molecule has 2 rings (SSSR count). The van der Waals surface area contributed by atoms with Gasteiger partial charge in [0.05, 0.1) is 38.6 Å². The van der Waals surface area contributed by atoms with E-state index in [0.29, 0.717) is 19.1 Å². The number of aromatic nitrogens is 2. The first-order valence-corrected chi connectivity index (χ1v) is 10.3. The van der Waals surface area contributed by atoms with Crippen molar-refractivity contribution in [2.75, 3.05) is 53.2 Å². The lowest BCUT2D eigenvalue weighted by molar-refractivity contribution is 0.0888. The van der Waals surface area contributed by atoms with Crippen LogP contribution in [0.15, 0.2) is 4.99 Å². The maximum atomic E-state index is 5.75. The average molecular weight is 396 g/mol. The van der Waals surface area contributed by atoms with Gasteiger partial charge in [-0.2, -0.15) is 5.10 Å². The van der Waals surface area contributed by atoms with Crippen LogP contribution in [0.2, 0.25) is 0 Å². The lowest BCUT2D eigenvalue weighted by atomic mass is 10.1. The fourth-order valence-corrected chi connectivity index (χ4v) is 3.20. The minimum Gasteiger partial charge on any atom is -0.383 e. The van der Waals surface area contributed by atoms with Gasteiger partial charge in [0.25, 0.3) is 0 Å². The molecular formula is C20H37N5O3. The topological polar surface area (TPSA) is 81.9 Å². The van der Waals surface area contributed by atoms with Gasteiger partial charge in [-0.1, -0.05) is 0 Å². The first-order valence-electron chi connectivity index (χ1n) is 10.3. The smallest absolute Gasteiger partial charge is 0.191 e. The van der Waals surface area contributed by atoms with E-state index < -0.39 is 0 Å². The summed E-state index contributed by atoms with van der Waals surface area (Å²) in [5.41, 5.74) is 3.35. The van der Waals surface area contributed by atoms with Crippen LogP contribution < -0.4 is 10.6 Å². The summed E-state index contributed by atoms with van der Waals surface area (Å²) in [4.78, 5) is 4.73. The van der Waals surface area contributed by atoms with E-state index >= 15 is 0 Å². The summed E-state index contributed by atoms with van der Waals surface area (Å²) in [6.45, 7) is 13.2. The number of ether oxygens (including phenoxy) is 3. The third kappa shape index (κ3) is 7.41. The predicted molar refractivity (Wildman–Crippen MR) is 111 cm³/mol. The van der Waals surface area contributed by atoms with Crippen LogP contribution in [-0.4, -0.2) is 69.0 Å². The standard InChI is InChI=1S/C20H37N5O3/c1-5-21-20(22-8-6-10-27-14-18-7-11-28-15-18)23-13-19-16(2)24-25(17(19)3)9-12-26-4/h18H,5-15H2,1-4H3,(H2,21,22,23). The van der Waals surface area contributed by atoms with E-state index in [4.69, 9.17) is 19.2 Å². The summed E-state index contributed by atoms with van der Waals surface area (Å²) >= 11 is 0. The van der Waals surface area contributed by atoms with Gasteiger partial charge in [0.1, 0.15) is 0 Å². The molecule has 0 amide bonds. The highest BCUT2D eigenvalue weighted by Crippen LogP contribution is 2.14. The molecule has 1 saturated heterocycles. The van der Waals surface area contributed by atoms with Crippen LogP contribution in [0, 0.1) is 19.8 Å². The summed E-state index contributed by atoms with van der Waals surface area (Å²) < 4.78 is 18.3. The Bertz CT molecular complexity index is 597. The monoisotopic (exact) mass is 395 g/mol. The van der Waals surface area contributed by atoms with Gasteiger partial charge in [0.15, 0.2) is 5.96 Å². The van der Waals surface area contributed by atoms with Crippen molar-refractivity contribution in [2.24, 2.45) is 10.9 Å². The number of nitrogens with zero attached hydrogens (tertiary/aromatic N) is 3. The van der Waals surface area contributed by atoms with E-state index in [1.807, 2.05) is 11.6 Å². The SMILES string of the molecule is CCNC(=NCc1c(C)nn(CCOC)c1C)NCCCOCC1CCOC1. The Balaban J connectivity index is 1.75. The second-order valence-electron chi connectivity index (χ2n) is 7.15. The Morgan fingerprint density at radius 1 is 1.32 bits per heavy atom. The number of hydrogen-bond acceptors (Lipinski definition) is 5. The summed E-state index contributed by atoms with van der Waals surface area (Å²) in [5.74, 6) is 1.40. The quantitative estimate of drug-likeness (QED) is 0.318. The highest BCUT2D eigenvalue weighted by molar-refractivity contribution is 5.79. The maximum absolute atomic E-state index is 5.75. The van der Waals surface area contributed by atoms with Crippen molar-refractivity contribution >= 4 is 5.96 Å². The molecule has 1 aliphatic heterocycles. The highest BCUT2D eigenvalue weighted by atomic mass is 16.5. The molecule has 1 atom stereocenters. The molecule has 1 aromatic heterocycles. The van der Waals surface area contributed by atoms with Crippen LogP contribution in [-0.2, 0) is 27.3 Å². The Morgan fingerprint density at radius 2 is 2.18 bits per heavy atom. The zero-order valence-corrected chi connectivity index (χ0v) is 17.9. The Hall–Kier alpha value is -1.64. The van der Waals surface area contributed by atoms with Crippen LogP contribution in [0.5, 0.6) is 0 Å². The molecule has 1 fully saturated rings. The van der Waals surface area contributed by atoms with Crippen molar-refractivity contribution < 1.29 is 14.2 Å². The zero-order chi connectivity index (χ0) is 20.2. The van der Waals surface area contributed by atoms with Gasteiger partial charge >= 0.3 is 0 Å². The largest absolute Gasteiger partial charge is 0.383 e. The van der Waals surface area contributed by atoms with Crippen molar-refractivity contribution in [1.82, 2.24) is 20.4 Å². The minimum atomic E-state index is 0.572. The summed E-state index contributed by atoms with van der Waals surface area (Å²) in [6, 6.07) is 0. The van der Waals surface area contributed by atoms with Crippen LogP contribution >= 0.6 is 0 Å². The molecule has 0 spiro atoms. The molecule has 1 aromatic rings. The highest BCUT2D eigenvalue weighted by Gasteiger charge is 2.15. The first kappa shape index (κ1) is 22.6. The van der Waals surface area contributed by atoms with Crippen LogP contribution in [0.4, 0.5) is 0 Å². The van der Waals surface area contributed by atoms with Crippen molar-refractivity contribution in [3.8, 4) is 0 Å². The summed E-state index contributed by atoms with van der Waals surface area (Å²) in [6.07, 6.45) is 2.07. The van der Waals surface area contributed by atoms with E-state index in [0.717, 1.165) is 76.3 Å². The van der Waals surface area contributed by atoms with Crippen molar-refractivity contribution in [2.45, 2.75) is 46.7 Å². The van der Waals surface area contributed by atoms with Gasteiger partial charge in [-0.05, 0) is 33.6 Å². The summed E-state index contributed by atoms with van der Waals surface area (Å²) in [7, 11) is 1.71. The molecule has 28 heavy (non-hydrogen) atoms. The molecule has 0 saturated carbocycles. The van der Waals surface area contributed by atoms with Gasteiger partial charge < -0.3 is 24.8 Å². The van der Waals surface area contributed by atoms with E-state index in [9.17, 15) is 0 Å². The molecule has 2 N–H and O–H groups in total. The zero-order valence-electron chi connectivity index (χ0n) is 17.9. The average Bonchev–Trinajstić information content (AvgIpc) is 3.29. The van der Waals surface area contributed by atoms with Gasteiger partial charge in [-0.15, -0.1) is 0 Å². The Labute approximate surface area is 169 Å². The molecule has 0 aromatic carbocycles. The van der Waals surface area contributed by atoms with Gasteiger partial charge in [0, 0.05) is 50.6 Å². The number of rotatable bonds is 12. The van der Waals surface area contributed by atoms with Crippen LogP contribution in [0.25, 0.3) is 0 Å². The molecule has 0 aliphatic carbocycles. The number of aryl methyl sites for hydroxylation is 1. The second kappa shape index (κ2) is 12.7. The number of nitrogens with one attached hydrogen (secondary N) is 2. The molecule has 1 aliphatic rings. The molecule has 0 radical (unpaired) electrons. The Kier molecular flexibility index (Phi) is 10.3. The molecule has 1 unspecified atom stereocenters. The van der Waals surface area contributed by atoms with E-state index in [1.54, 1.807) is 7.11 Å². The van der Waals surface area contributed by atoms with E-state index in [1.165, 1.54) is 5.56 Å². The third-order valence-electron chi connectivity index (χ3n) is 4.91. The molecule has 0 bridgehead atoms. The fraction of sp³-hybridized carbons (Fsp3) is 0.800. The van der Waals surface area contributed by atoms with E-state index in [-0.39, 0.29) is 0 Å². The van der Waals surface area contributed by atoms with Crippen molar-refractivity contribution in [1.29, 1.82) is 0 Å². The molecule has 8 heteroatoms. The second-order valence-corrected chi connectivity index (χ2v) is 7.15. The number of guanidine groups is 1. The fourth-order valence-electron chi connectivity index (χ4n) is 3.20. The third-order valence-corrected chi connectivity index (χ3v) is 4.91. The molecule has 2 heterocycles. The van der Waals surface area contributed by atoms with Crippen molar-refractivity contribution in [3.05, 3.63) is 17.0 Å². The van der Waals surface area contributed by atoms with Gasteiger partial charge in [-0.25, -0.2) is 4.99 Å². The lowest BCUT2D eigenvalue weighted by Gasteiger charge is -2.12. The number of hydrogen-bond donors (Lipinski definition) is 2. The Morgan fingerprint density at radius 3 is 2.89 bits per heavy atom. The maximum Gasteiger partial charge on any atom is 0.191 e. The predicted octanol–water partition coefficient (Wildman–Crippen LogP) is 1.64. The normalized spacial score (nSPS) is 17.3. The lowest BCUT2D eigenvalue weighted by Crippen LogP contribution is -2.38. The molecule has 160 valence electrons. The molecular weight excluding hydrogens is 358 g/mol. The minimum absolute atomic E-state index is 0.572. The van der Waals surface area contributed by atoms with Crippen molar-refractivity contribution in [3.63, 3.8) is 0 Å². The van der Waals surface area contributed by atoms with Crippen LogP contribution in [0.3, 0.4) is 0 Å². The summed E-state index contributed by atoms with van der Waals surface area (Å²) in [5, 5.41) is 11.3. The van der Waals surface area contributed by atoms with Gasteiger partial charge in [0.2, 0.25) is 0 Å². The van der Waals surface area contributed by atoms with Crippen LogP contribution in [0.1, 0.15) is 36.7 Å². The number of aliphatic imine (C=N–C) groups is 1.